The van der Waals surface area contributed by atoms with Gasteiger partial charge >= 0.3 is 0 Å². The lowest BCUT2D eigenvalue weighted by atomic mass is 10.4. The molecule has 0 aliphatic carbocycles. The maximum Gasteiger partial charge on any atom is 0.174 e. The molecule has 0 bridgehead atoms. The second kappa shape index (κ2) is 6.78. The number of allylic oxidation sites excluding steroid dienone is 1. The molecule has 2 nitrogen and oxygen atoms in total. The van der Waals surface area contributed by atoms with E-state index < -0.39 is 6.29 Å². The Morgan fingerprint density at radius 3 is 2.80 bits per heavy atom. The van der Waals surface area contributed by atoms with Crippen molar-refractivity contribution in [2.45, 2.75) is 33.0 Å². The van der Waals surface area contributed by atoms with Gasteiger partial charge in [-0.2, -0.15) is 0 Å². The maximum absolute atomic E-state index is 8.97. The fourth-order valence-electron chi connectivity index (χ4n) is 0.569. The van der Waals surface area contributed by atoms with Gasteiger partial charge in [0.15, 0.2) is 6.29 Å². The normalized spacial score (nSPS) is 14.3. The fraction of sp³-hybridized carbons (Fsp3) is 0.750. The van der Waals surface area contributed by atoms with Crippen LogP contribution in [0.1, 0.15) is 26.7 Å². The lowest BCUT2D eigenvalue weighted by Crippen LogP contribution is -2.08. The van der Waals surface area contributed by atoms with E-state index in [1.807, 2.05) is 6.92 Å². The van der Waals surface area contributed by atoms with Crippen LogP contribution in [-0.4, -0.2) is 18.0 Å². The smallest absolute Gasteiger partial charge is 0.174 e. The highest BCUT2D eigenvalue weighted by atomic mass is 16.6. The second-order valence-electron chi connectivity index (χ2n) is 2.14. The largest absolute Gasteiger partial charge is 0.365 e. The van der Waals surface area contributed by atoms with Gasteiger partial charge in [-0.15, -0.1) is 0 Å². The minimum atomic E-state index is -0.712. The molecule has 0 saturated heterocycles. The maximum atomic E-state index is 8.97. The topological polar surface area (TPSA) is 29.5 Å². The molecule has 0 amide bonds. The first-order chi connectivity index (χ1) is 4.81. The molecule has 0 heterocycles. The van der Waals surface area contributed by atoms with Crippen molar-refractivity contribution < 1.29 is 9.84 Å². The van der Waals surface area contributed by atoms with Crippen molar-refractivity contribution in [3.8, 4) is 0 Å². The van der Waals surface area contributed by atoms with E-state index in [1.165, 1.54) is 0 Å². The molecular weight excluding hydrogens is 128 g/mol. The summed E-state index contributed by atoms with van der Waals surface area (Å²) in [7, 11) is 0. The lowest BCUT2D eigenvalue weighted by molar-refractivity contribution is -0.0648. The molecule has 0 aliphatic rings. The average Bonchev–Trinajstić information content (AvgIpc) is 1.89. The zero-order valence-electron chi connectivity index (χ0n) is 6.71. The van der Waals surface area contributed by atoms with Gasteiger partial charge in [-0.1, -0.05) is 19.4 Å². The molecule has 1 N–H and O–H groups in total. The van der Waals surface area contributed by atoms with E-state index in [9.17, 15) is 0 Å². The molecule has 0 aromatic carbocycles. The highest BCUT2D eigenvalue weighted by Gasteiger charge is 1.94. The molecule has 0 aromatic heterocycles. The predicted molar refractivity (Wildman–Crippen MR) is 41.7 cm³/mol. The van der Waals surface area contributed by atoms with Gasteiger partial charge in [0.25, 0.3) is 0 Å². The van der Waals surface area contributed by atoms with Crippen molar-refractivity contribution in [2.24, 2.45) is 0 Å². The summed E-state index contributed by atoms with van der Waals surface area (Å²) in [4.78, 5) is 0. The standard InChI is InChI=1S/C8H16O2/c1-3-5-7-10-8(9)6-4-2/h4,6,8-9H,3,5,7H2,1-2H3. The van der Waals surface area contributed by atoms with Crippen LogP contribution in [0.2, 0.25) is 0 Å². The number of aliphatic hydroxyl groups excluding tert-OH is 1. The Hall–Kier alpha value is -0.340. The Morgan fingerprint density at radius 2 is 2.30 bits per heavy atom. The van der Waals surface area contributed by atoms with Crippen LogP contribution in [0.15, 0.2) is 12.2 Å². The first kappa shape index (κ1) is 9.66. The van der Waals surface area contributed by atoms with Gasteiger partial charge in [-0.25, -0.2) is 0 Å². The van der Waals surface area contributed by atoms with Gasteiger partial charge in [0.2, 0.25) is 0 Å². The molecule has 0 saturated carbocycles. The summed E-state index contributed by atoms with van der Waals surface area (Å²) in [6.07, 6.45) is 4.79. The van der Waals surface area contributed by atoms with E-state index in [1.54, 1.807) is 12.2 Å². The SMILES string of the molecule is CC=CC(O)OCCCC. The van der Waals surface area contributed by atoms with Gasteiger partial charge < -0.3 is 9.84 Å². The number of unbranched alkanes of at least 4 members (excludes halogenated alkanes) is 1. The van der Waals surface area contributed by atoms with E-state index in [2.05, 4.69) is 6.92 Å². The van der Waals surface area contributed by atoms with Crippen molar-refractivity contribution in [1.82, 2.24) is 0 Å². The number of hydrogen-bond donors (Lipinski definition) is 1. The number of rotatable bonds is 5. The zero-order valence-corrected chi connectivity index (χ0v) is 6.71. The second-order valence-corrected chi connectivity index (χ2v) is 2.14. The van der Waals surface area contributed by atoms with Crippen molar-refractivity contribution in [2.75, 3.05) is 6.61 Å². The minimum absolute atomic E-state index is 0.641. The molecule has 1 atom stereocenters. The summed E-state index contributed by atoms with van der Waals surface area (Å²) in [5, 5.41) is 8.97. The van der Waals surface area contributed by atoms with Crippen LogP contribution in [-0.2, 0) is 4.74 Å². The van der Waals surface area contributed by atoms with Crippen LogP contribution in [0.3, 0.4) is 0 Å². The molecule has 10 heavy (non-hydrogen) atoms. The van der Waals surface area contributed by atoms with E-state index in [-0.39, 0.29) is 0 Å². The molecule has 2 heteroatoms. The highest BCUT2D eigenvalue weighted by molar-refractivity contribution is 4.79. The third kappa shape index (κ3) is 5.79. The highest BCUT2D eigenvalue weighted by Crippen LogP contribution is 1.93. The first-order valence-electron chi connectivity index (χ1n) is 3.73. The third-order valence-electron chi connectivity index (χ3n) is 1.14. The molecule has 0 aliphatic heterocycles. The molecule has 1 unspecified atom stereocenters. The third-order valence-corrected chi connectivity index (χ3v) is 1.14. The van der Waals surface area contributed by atoms with Gasteiger partial charge in [-0.05, 0) is 19.4 Å². The van der Waals surface area contributed by atoms with E-state index in [0.29, 0.717) is 6.61 Å². The number of hydrogen-bond acceptors (Lipinski definition) is 2. The fourth-order valence-corrected chi connectivity index (χ4v) is 0.569. The van der Waals surface area contributed by atoms with Crippen LogP contribution in [0.5, 0.6) is 0 Å². The van der Waals surface area contributed by atoms with Crippen molar-refractivity contribution in [3.63, 3.8) is 0 Å². The van der Waals surface area contributed by atoms with Crippen molar-refractivity contribution in [3.05, 3.63) is 12.2 Å². The minimum Gasteiger partial charge on any atom is -0.365 e. The summed E-state index contributed by atoms with van der Waals surface area (Å²) in [5.74, 6) is 0. The Bertz CT molecular complexity index is 89.3. The zero-order chi connectivity index (χ0) is 7.82. The van der Waals surface area contributed by atoms with Crippen molar-refractivity contribution >= 4 is 0 Å². The van der Waals surface area contributed by atoms with Crippen LogP contribution in [0.25, 0.3) is 0 Å². The number of aliphatic hydroxyl groups is 1. The Morgan fingerprint density at radius 1 is 1.60 bits per heavy atom. The molecule has 0 radical (unpaired) electrons. The lowest BCUT2D eigenvalue weighted by Gasteiger charge is -2.05. The molecule has 0 spiro atoms. The first-order valence-corrected chi connectivity index (χ1v) is 3.73. The van der Waals surface area contributed by atoms with Gasteiger partial charge in [0, 0.05) is 0 Å². The van der Waals surface area contributed by atoms with E-state index >= 15 is 0 Å². The quantitative estimate of drug-likeness (QED) is 0.361. The van der Waals surface area contributed by atoms with Crippen LogP contribution in [0.4, 0.5) is 0 Å². The van der Waals surface area contributed by atoms with Gasteiger partial charge in [0.1, 0.15) is 0 Å². The summed E-state index contributed by atoms with van der Waals surface area (Å²) < 4.78 is 4.99. The molecule has 60 valence electrons. The number of ether oxygens (including phenoxy) is 1. The van der Waals surface area contributed by atoms with Crippen LogP contribution < -0.4 is 0 Å². The Balaban J connectivity index is 3.13. The van der Waals surface area contributed by atoms with Crippen LogP contribution >= 0.6 is 0 Å². The molecular formula is C8H16O2. The Kier molecular flexibility index (Phi) is 6.55. The molecule has 0 aromatic rings. The van der Waals surface area contributed by atoms with Crippen molar-refractivity contribution in [1.29, 1.82) is 0 Å². The molecule has 0 rings (SSSR count). The summed E-state index contributed by atoms with van der Waals surface area (Å²) >= 11 is 0. The van der Waals surface area contributed by atoms with E-state index in [4.69, 9.17) is 9.84 Å². The monoisotopic (exact) mass is 144 g/mol. The summed E-state index contributed by atoms with van der Waals surface area (Å²) in [5.41, 5.74) is 0. The molecule has 0 fully saturated rings. The summed E-state index contributed by atoms with van der Waals surface area (Å²) in [6, 6.07) is 0. The Labute approximate surface area is 62.5 Å². The van der Waals surface area contributed by atoms with E-state index in [0.717, 1.165) is 12.8 Å². The predicted octanol–water partition coefficient (Wildman–Crippen LogP) is 1.70. The van der Waals surface area contributed by atoms with Gasteiger partial charge in [0.05, 0.1) is 6.61 Å². The van der Waals surface area contributed by atoms with Crippen LogP contribution in [0, 0.1) is 0 Å². The average molecular weight is 144 g/mol. The van der Waals surface area contributed by atoms with Gasteiger partial charge in [-0.3, -0.25) is 0 Å². The summed E-state index contributed by atoms with van der Waals surface area (Å²) in [6.45, 7) is 4.58.